The van der Waals surface area contributed by atoms with E-state index in [-0.39, 0.29) is 5.69 Å². The van der Waals surface area contributed by atoms with E-state index in [9.17, 15) is 44.6 Å². The predicted molar refractivity (Wildman–Crippen MR) is 179 cm³/mol. The molecule has 3 N–H and O–H groups in total. The summed E-state index contributed by atoms with van der Waals surface area (Å²) in [6.45, 7) is 0. The summed E-state index contributed by atoms with van der Waals surface area (Å²) >= 11 is 0. The molecule has 0 saturated carbocycles. The minimum Gasteiger partial charge on any atom is -0.481 e. The number of aliphatic imine (C=N–C) groups is 2. The number of ether oxygens (including phenoxy) is 1. The molecule has 308 valence electrons. The maximum Gasteiger partial charge on any atom is 0.286 e. The van der Waals surface area contributed by atoms with Gasteiger partial charge in [-0.05, 0) is 43.2 Å². The first-order valence-corrected chi connectivity index (χ1v) is 16.7. The van der Waals surface area contributed by atoms with Crippen molar-refractivity contribution in [3.8, 4) is 0 Å². The highest BCUT2D eigenvalue weighted by Crippen LogP contribution is 2.42. The summed E-state index contributed by atoms with van der Waals surface area (Å²) in [4.78, 5) is 13.3. The Balaban J connectivity index is 1.62. The molecular weight excluding hydrogens is 841 g/mol. The fraction of sp³-hybridized carbons (Fsp3) is 0.0769. The molecule has 0 fully saturated rings. The van der Waals surface area contributed by atoms with Crippen LogP contribution >= 0.6 is 0 Å². The molecule has 0 unspecified atom stereocenters. The van der Waals surface area contributed by atoms with Gasteiger partial charge in [-0.3, -0.25) is 4.99 Å². The summed E-state index contributed by atoms with van der Waals surface area (Å²) < 4.78 is 231. The highest BCUT2D eigenvalue weighted by molar-refractivity contribution is 6.35. The number of halogens is 15. The number of methoxy groups -OCH3 is 1. The third-order valence-electron chi connectivity index (χ3n) is 9.71. The molecule has 5 aromatic rings. The fourth-order valence-corrected chi connectivity index (χ4v) is 6.99. The number of rotatable bonds is 4. The van der Waals surface area contributed by atoms with Crippen LogP contribution in [-0.2, 0) is 4.74 Å². The summed E-state index contributed by atoms with van der Waals surface area (Å²) in [6.07, 6.45) is -0.312. The Bertz CT molecular complexity index is 3010. The number of aliphatic hydroxyl groups excluding tert-OH is 1. The summed E-state index contributed by atoms with van der Waals surface area (Å²) in [5, 5.41) is 9.31. The van der Waals surface area contributed by atoms with Crippen LogP contribution in [0.25, 0.3) is 22.4 Å². The number of fused-ring (bicyclic) bond motifs is 7. The summed E-state index contributed by atoms with van der Waals surface area (Å²) in [6, 6.07) is 3.64. The van der Waals surface area contributed by atoms with Gasteiger partial charge >= 0.3 is 0 Å². The molecule has 3 aliphatic heterocycles. The van der Waals surface area contributed by atoms with E-state index in [1.165, 1.54) is 0 Å². The van der Waals surface area contributed by atoms with Crippen LogP contribution in [0.5, 0.6) is 0 Å². The zero-order valence-corrected chi connectivity index (χ0v) is 29.2. The van der Waals surface area contributed by atoms with Gasteiger partial charge in [-0.15, -0.1) is 0 Å². The van der Waals surface area contributed by atoms with E-state index < -0.39 is 184 Å². The molecule has 3 aromatic carbocycles. The van der Waals surface area contributed by atoms with E-state index in [0.29, 0.717) is 0 Å². The van der Waals surface area contributed by atoms with Gasteiger partial charge in [0.05, 0.1) is 57.9 Å². The van der Waals surface area contributed by atoms with Crippen LogP contribution in [0, 0.1) is 87.3 Å². The number of aliphatic hydroxyl groups is 1. The van der Waals surface area contributed by atoms with Crippen LogP contribution in [0.1, 0.15) is 40.9 Å². The number of aromatic amines is 2. The number of aromatic nitrogens is 2. The Hall–Kier alpha value is -6.93. The molecule has 8 rings (SSSR count). The van der Waals surface area contributed by atoms with Crippen molar-refractivity contribution in [2.45, 2.75) is 12.8 Å². The first-order chi connectivity index (χ1) is 28.4. The second-order valence-corrected chi connectivity index (χ2v) is 12.9. The molecule has 2 aromatic heterocycles. The lowest BCUT2D eigenvalue weighted by Crippen LogP contribution is -2.25. The predicted octanol–water partition coefficient (Wildman–Crippen LogP) is 8.75. The molecule has 8 bridgehead atoms. The van der Waals surface area contributed by atoms with Gasteiger partial charge in [0, 0.05) is 33.1 Å². The minimum atomic E-state index is -2.62. The van der Waals surface area contributed by atoms with Gasteiger partial charge in [-0.1, -0.05) is 0 Å². The number of hydrogen-bond acceptors (Lipinski definition) is 4. The Morgan fingerprint density at radius 1 is 0.500 bits per heavy atom. The van der Waals surface area contributed by atoms with Crippen molar-refractivity contribution < 1.29 is 75.7 Å². The van der Waals surface area contributed by atoms with Crippen molar-refractivity contribution in [3.05, 3.63) is 174 Å². The molecule has 5 heterocycles. The van der Waals surface area contributed by atoms with Crippen molar-refractivity contribution in [1.82, 2.24) is 9.97 Å². The van der Waals surface area contributed by atoms with Gasteiger partial charge in [0.15, 0.2) is 69.8 Å². The average molecular weight is 857 g/mol. The SMILES string of the molecule is CO/C(O)=C1/C=C2N=C1C(c1c(F)c(F)c(F)c(F)c1F)=c1ccc([nH]1)=C(c1c(F)c(F)c(F)c(F)c1F)C1=NC(=C(c3c(F)c(F)c(F)c(F)c3F)c3ccc2[nH]3)CC1. The van der Waals surface area contributed by atoms with Crippen LogP contribution in [0.15, 0.2) is 57.5 Å². The molecule has 3 aliphatic rings. The number of nitrogens with zero attached hydrogens (tertiary/aromatic N) is 2. The third kappa shape index (κ3) is 5.69. The highest BCUT2D eigenvalue weighted by atomic mass is 19.2. The molecule has 0 aliphatic carbocycles. The second-order valence-electron chi connectivity index (χ2n) is 12.9. The minimum absolute atomic E-state index is 0.266. The van der Waals surface area contributed by atoms with E-state index in [2.05, 4.69) is 20.0 Å². The fourth-order valence-electron chi connectivity index (χ4n) is 6.99. The molecule has 0 radical (unpaired) electrons. The normalized spacial score (nSPS) is 16.0. The smallest absolute Gasteiger partial charge is 0.286 e. The first kappa shape index (κ1) is 39.9. The second kappa shape index (κ2) is 14.1. The van der Waals surface area contributed by atoms with Gasteiger partial charge in [0.1, 0.15) is 0 Å². The Kier molecular flexibility index (Phi) is 9.38. The van der Waals surface area contributed by atoms with Gasteiger partial charge in [0.25, 0.3) is 5.95 Å². The van der Waals surface area contributed by atoms with Crippen LogP contribution in [0.4, 0.5) is 65.9 Å². The van der Waals surface area contributed by atoms with E-state index >= 15 is 26.3 Å². The van der Waals surface area contributed by atoms with Gasteiger partial charge < -0.3 is 19.8 Å². The lowest BCUT2D eigenvalue weighted by atomic mass is 9.94. The Morgan fingerprint density at radius 2 is 0.917 bits per heavy atom. The molecule has 21 heteroatoms. The van der Waals surface area contributed by atoms with Gasteiger partial charge in [-0.25, -0.2) is 70.8 Å². The van der Waals surface area contributed by atoms with Gasteiger partial charge in [0.2, 0.25) is 17.5 Å². The number of nitrogens with one attached hydrogen (secondary N) is 2. The standard InChI is InChI=1S/C39H15F15N4O2/c1-60-39(59)9-8-16-10-2-3-11(55-10)17(20-23(40)29(46)35(52)30(47)24(20)41)12-4-5-13(56-12)18(21-25(42)31(48)36(53)32(49)26(21)43)14-6-7-15(57-14)19(38(9)58-16)22-27(44)33(50)37(54)34(51)28(22)45/h2-3,6-8,55,57,59H,4-5H2,1H3/b17-12?,18-14?,19-15?,39-9-. The quantitative estimate of drug-likeness (QED) is 0.0732. The van der Waals surface area contributed by atoms with Crippen LogP contribution in [-0.4, -0.2) is 33.6 Å². The van der Waals surface area contributed by atoms with E-state index in [1.54, 1.807) is 0 Å². The van der Waals surface area contributed by atoms with Crippen LogP contribution in [0.2, 0.25) is 0 Å². The Morgan fingerprint density at radius 3 is 1.40 bits per heavy atom. The van der Waals surface area contributed by atoms with Crippen molar-refractivity contribution in [2.24, 2.45) is 9.98 Å². The maximum absolute atomic E-state index is 15.8. The van der Waals surface area contributed by atoms with Gasteiger partial charge in [-0.2, -0.15) is 0 Å². The number of benzene rings is 3. The molecule has 60 heavy (non-hydrogen) atoms. The molecule has 0 amide bonds. The number of allylic oxidation sites excluding steroid dienone is 3. The van der Waals surface area contributed by atoms with Crippen molar-refractivity contribution >= 4 is 33.8 Å². The number of H-pyrrole nitrogens is 2. The van der Waals surface area contributed by atoms with E-state index in [0.717, 1.165) is 37.5 Å². The van der Waals surface area contributed by atoms with E-state index in [4.69, 9.17) is 4.74 Å². The highest BCUT2D eigenvalue weighted by Gasteiger charge is 2.37. The summed E-state index contributed by atoms with van der Waals surface area (Å²) in [5.41, 5.74) is -12.0. The lowest BCUT2D eigenvalue weighted by Gasteiger charge is -2.14. The molecule has 0 saturated heterocycles. The van der Waals surface area contributed by atoms with Crippen molar-refractivity contribution in [1.29, 1.82) is 0 Å². The van der Waals surface area contributed by atoms with Crippen molar-refractivity contribution in [3.63, 3.8) is 0 Å². The first-order valence-electron chi connectivity index (χ1n) is 16.7. The van der Waals surface area contributed by atoms with Crippen LogP contribution < -0.4 is 10.7 Å². The number of hydrogen-bond donors (Lipinski definition) is 3. The molecular formula is C39H15F15N4O2. The molecule has 0 spiro atoms. The topological polar surface area (TPSA) is 85.8 Å². The lowest BCUT2D eigenvalue weighted by molar-refractivity contribution is 0.134. The molecule has 0 atom stereocenters. The Labute approximate surface area is 323 Å². The third-order valence-corrected chi connectivity index (χ3v) is 9.71. The monoisotopic (exact) mass is 856 g/mol. The summed E-state index contributed by atoms with van der Waals surface area (Å²) in [5.74, 6) is -38.4. The van der Waals surface area contributed by atoms with Crippen molar-refractivity contribution in [2.75, 3.05) is 7.11 Å². The largest absolute Gasteiger partial charge is 0.481 e. The molecule has 6 nitrogen and oxygen atoms in total. The average Bonchev–Trinajstić information content (AvgIpc) is 4.08. The summed E-state index contributed by atoms with van der Waals surface area (Å²) in [7, 11) is 0.875. The zero-order chi connectivity index (χ0) is 43.4. The zero-order valence-electron chi connectivity index (χ0n) is 29.2. The maximum atomic E-state index is 15.8. The van der Waals surface area contributed by atoms with Crippen LogP contribution in [0.3, 0.4) is 0 Å². The van der Waals surface area contributed by atoms with E-state index in [1.807, 2.05) is 0 Å².